The number of methoxy groups -OCH3 is 1. The van der Waals surface area contributed by atoms with Gasteiger partial charge in [0.1, 0.15) is 29.6 Å². The van der Waals surface area contributed by atoms with Crippen LogP contribution in [0.15, 0.2) is 47.2 Å². The highest BCUT2D eigenvalue weighted by Gasteiger charge is 2.34. The molecule has 9 heteroatoms. The van der Waals surface area contributed by atoms with Crippen molar-refractivity contribution in [2.75, 3.05) is 18.6 Å². The quantitative estimate of drug-likeness (QED) is 0.241. The van der Waals surface area contributed by atoms with Crippen LogP contribution < -0.4 is 15.0 Å². The molecule has 2 aromatic heterocycles. The van der Waals surface area contributed by atoms with E-state index < -0.39 is 0 Å². The van der Waals surface area contributed by atoms with Gasteiger partial charge in [0, 0.05) is 36.2 Å². The molecule has 3 aromatic rings. The molecule has 248 valence electrons. The summed E-state index contributed by atoms with van der Waals surface area (Å²) in [4.78, 5) is 37.8. The monoisotopic (exact) mass is 630 g/mol. The first-order valence-corrected chi connectivity index (χ1v) is 17.0. The number of pyridine rings is 1. The maximum absolute atomic E-state index is 14.3. The van der Waals surface area contributed by atoms with Crippen LogP contribution in [-0.2, 0) is 9.53 Å². The molecule has 1 N–H and O–H groups in total. The Hall–Kier alpha value is -3.88. The smallest absolute Gasteiger partial charge is 0.407 e. The minimum absolute atomic E-state index is 0.0202. The summed E-state index contributed by atoms with van der Waals surface area (Å²) in [5.41, 5.74) is 4.16. The molecule has 9 nitrogen and oxygen atoms in total. The van der Waals surface area contributed by atoms with Gasteiger partial charge >= 0.3 is 6.09 Å². The Balaban J connectivity index is 1.30. The van der Waals surface area contributed by atoms with Gasteiger partial charge in [0.2, 0.25) is 5.91 Å². The van der Waals surface area contributed by atoms with Crippen molar-refractivity contribution in [2.24, 2.45) is 11.8 Å². The van der Waals surface area contributed by atoms with E-state index in [0.717, 1.165) is 48.3 Å². The molecule has 0 bridgehead atoms. The maximum Gasteiger partial charge on any atom is 0.407 e. The highest BCUT2D eigenvalue weighted by Crippen LogP contribution is 2.39. The lowest BCUT2D eigenvalue weighted by Gasteiger charge is -2.35. The highest BCUT2D eigenvalue weighted by molar-refractivity contribution is 5.94. The zero-order chi connectivity index (χ0) is 32.8. The first kappa shape index (κ1) is 33.5. The second-order valence-corrected chi connectivity index (χ2v) is 13.7. The largest absolute Gasteiger partial charge is 0.496 e. The molecule has 2 aliphatic rings. The lowest BCUT2D eigenvalue weighted by molar-refractivity contribution is -0.124. The molecule has 0 unspecified atom stereocenters. The summed E-state index contributed by atoms with van der Waals surface area (Å²) in [6.45, 7) is 10.7. The SMILES string of the molecule is COc1ccc(C2CCC(CN(C(=O)C3CCC(OC(=O)NC(C)C)CC3)c3cc(-c4coc(C(C)C)n4)ccn3)CC2)cc1C. The summed E-state index contributed by atoms with van der Waals surface area (Å²) in [5, 5.41) is 2.79. The number of hydrogen-bond acceptors (Lipinski definition) is 7. The number of aryl methyl sites for hydroxylation is 1. The van der Waals surface area contributed by atoms with E-state index in [4.69, 9.17) is 18.9 Å². The predicted molar refractivity (Wildman–Crippen MR) is 179 cm³/mol. The molecular formula is C37H50N4O5. The topological polar surface area (TPSA) is 107 Å². The summed E-state index contributed by atoms with van der Waals surface area (Å²) in [6, 6.07) is 10.4. The van der Waals surface area contributed by atoms with Gasteiger partial charge in [0.05, 0.1) is 7.11 Å². The van der Waals surface area contributed by atoms with Gasteiger partial charge in [-0.15, -0.1) is 0 Å². The van der Waals surface area contributed by atoms with Crippen molar-refractivity contribution < 1.29 is 23.5 Å². The molecule has 2 saturated carbocycles. The summed E-state index contributed by atoms with van der Waals surface area (Å²) >= 11 is 0. The summed E-state index contributed by atoms with van der Waals surface area (Å²) in [6.07, 6.45) is 9.86. The number of benzene rings is 1. The number of oxazole rings is 1. The van der Waals surface area contributed by atoms with E-state index in [1.807, 2.05) is 30.9 Å². The third kappa shape index (κ3) is 8.28. The third-order valence-electron chi connectivity index (χ3n) is 9.48. The Kier molecular flexibility index (Phi) is 11.0. The van der Waals surface area contributed by atoms with Crippen molar-refractivity contribution in [3.8, 4) is 17.0 Å². The van der Waals surface area contributed by atoms with E-state index in [1.54, 1.807) is 19.6 Å². The van der Waals surface area contributed by atoms with Crippen LogP contribution in [-0.4, -0.2) is 47.8 Å². The van der Waals surface area contributed by atoms with Gasteiger partial charge in [-0.1, -0.05) is 26.0 Å². The second kappa shape index (κ2) is 15.1. The fraction of sp³-hybridized carbons (Fsp3) is 0.568. The molecule has 0 spiro atoms. The van der Waals surface area contributed by atoms with Crippen molar-refractivity contribution in [3.63, 3.8) is 0 Å². The number of carbonyl (C=O) groups excluding carboxylic acids is 2. The van der Waals surface area contributed by atoms with Gasteiger partial charge in [-0.05, 0) is 113 Å². The van der Waals surface area contributed by atoms with Crippen molar-refractivity contribution in [3.05, 3.63) is 59.8 Å². The van der Waals surface area contributed by atoms with E-state index in [2.05, 4.69) is 49.3 Å². The molecule has 2 fully saturated rings. The van der Waals surface area contributed by atoms with Crippen LogP contribution in [0.3, 0.4) is 0 Å². The van der Waals surface area contributed by atoms with Gasteiger partial charge in [0.25, 0.3) is 0 Å². The molecule has 2 heterocycles. The number of anilines is 1. The fourth-order valence-corrected chi connectivity index (χ4v) is 6.87. The molecule has 2 amide bonds. The number of nitrogens with zero attached hydrogens (tertiary/aromatic N) is 3. The maximum atomic E-state index is 14.3. The van der Waals surface area contributed by atoms with Crippen LogP contribution >= 0.6 is 0 Å². The molecular weight excluding hydrogens is 580 g/mol. The molecule has 2 aliphatic carbocycles. The zero-order valence-electron chi connectivity index (χ0n) is 28.3. The first-order valence-electron chi connectivity index (χ1n) is 17.0. The number of nitrogens with one attached hydrogen (secondary N) is 1. The number of aromatic nitrogens is 2. The fourth-order valence-electron chi connectivity index (χ4n) is 6.87. The molecule has 0 radical (unpaired) electrons. The van der Waals surface area contributed by atoms with E-state index >= 15 is 0 Å². The summed E-state index contributed by atoms with van der Waals surface area (Å²) in [5.74, 6) is 3.29. The van der Waals surface area contributed by atoms with Gasteiger partial charge in [-0.2, -0.15) is 0 Å². The number of ether oxygens (including phenoxy) is 2. The van der Waals surface area contributed by atoms with Crippen LogP contribution in [0, 0.1) is 18.8 Å². The van der Waals surface area contributed by atoms with Crippen molar-refractivity contribution in [2.45, 2.75) is 110 Å². The van der Waals surface area contributed by atoms with Gasteiger partial charge in [-0.3, -0.25) is 9.69 Å². The minimum atomic E-state index is -0.388. The Labute approximate surface area is 273 Å². The van der Waals surface area contributed by atoms with Gasteiger partial charge < -0.3 is 19.2 Å². The molecule has 0 atom stereocenters. The predicted octanol–water partition coefficient (Wildman–Crippen LogP) is 8.18. The van der Waals surface area contributed by atoms with Crippen molar-refractivity contribution in [1.82, 2.24) is 15.3 Å². The zero-order valence-corrected chi connectivity index (χ0v) is 28.3. The van der Waals surface area contributed by atoms with E-state index in [1.165, 1.54) is 5.56 Å². The van der Waals surface area contributed by atoms with Crippen LogP contribution in [0.25, 0.3) is 11.3 Å². The number of hydrogen-bond donors (Lipinski definition) is 1. The molecule has 0 saturated heterocycles. The van der Waals surface area contributed by atoms with E-state index in [-0.39, 0.29) is 36.0 Å². The minimum Gasteiger partial charge on any atom is -0.496 e. The van der Waals surface area contributed by atoms with Crippen LogP contribution in [0.2, 0.25) is 0 Å². The number of rotatable bonds is 10. The van der Waals surface area contributed by atoms with Crippen LogP contribution in [0.5, 0.6) is 5.75 Å². The second-order valence-electron chi connectivity index (χ2n) is 13.7. The van der Waals surface area contributed by atoms with Crippen LogP contribution in [0.4, 0.5) is 10.6 Å². The average Bonchev–Trinajstić information content (AvgIpc) is 3.55. The third-order valence-corrected chi connectivity index (χ3v) is 9.48. The van der Waals surface area contributed by atoms with E-state index in [9.17, 15) is 9.59 Å². The molecule has 46 heavy (non-hydrogen) atoms. The molecule has 1 aromatic carbocycles. The van der Waals surface area contributed by atoms with Crippen molar-refractivity contribution in [1.29, 1.82) is 0 Å². The summed E-state index contributed by atoms with van der Waals surface area (Å²) < 4.78 is 16.8. The normalized spacial score (nSPS) is 21.7. The lowest BCUT2D eigenvalue weighted by atomic mass is 9.78. The Morgan fingerprint density at radius 1 is 1.00 bits per heavy atom. The standard InChI is InChI=1S/C37H50N4O5/c1-23(2)35-40-32(22-45-35)30-17-18-38-34(20-30)41(36(42)28-11-14-31(15-12-28)46-37(43)39-24(3)4)21-26-7-9-27(10-8-26)29-13-16-33(44-6)25(5)19-29/h13,16-20,22-24,26-28,31H,7-12,14-15,21H2,1-6H3,(H,39,43). The molecule has 5 rings (SSSR count). The number of carbonyl (C=O) groups is 2. The van der Waals surface area contributed by atoms with E-state index in [0.29, 0.717) is 55.8 Å². The Morgan fingerprint density at radius 3 is 2.37 bits per heavy atom. The summed E-state index contributed by atoms with van der Waals surface area (Å²) in [7, 11) is 1.71. The molecule has 0 aliphatic heterocycles. The van der Waals surface area contributed by atoms with Gasteiger partial charge in [-0.25, -0.2) is 14.8 Å². The first-order chi connectivity index (χ1) is 22.1. The van der Waals surface area contributed by atoms with Crippen LogP contribution in [0.1, 0.15) is 108 Å². The number of amides is 2. The Morgan fingerprint density at radius 2 is 1.74 bits per heavy atom. The number of alkyl carbamates (subject to hydrolysis) is 1. The average molecular weight is 631 g/mol. The lowest BCUT2D eigenvalue weighted by Crippen LogP contribution is -2.43. The van der Waals surface area contributed by atoms with Gasteiger partial charge in [0.15, 0.2) is 5.89 Å². The highest BCUT2D eigenvalue weighted by atomic mass is 16.6. The van der Waals surface area contributed by atoms with Crippen molar-refractivity contribution >= 4 is 17.8 Å². The Bertz CT molecular complexity index is 1470.